The second-order valence-electron chi connectivity index (χ2n) is 8.03. The number of rotatable bonds is 5. The van der Waals surface area contributed by atoms with Crippen molar-refractivity contribution in [1.82, 2.24) is 4.48 Å². The number of allylic oxidation sites excluding steroid dienone is 2. The zero-order valence-electron chi connectivity index (χ0n) is 17.0. The van der Waals surface area contributed by atoms with Crippen LogP contribution in [0.1, 0.15) is 31.4 Å². The molecule has 2 aromatic rings. The fourth-order valence-corrected chi connectivity index (χ4v) is 4.49. The van der Waals surface area contributed by atoms with E-state index >= 15 is 8.63 Å². The molecule has 0 N–H and O–H groups in total. The van der Waals surface area contributed by atoms with Crippen molar-refractivity contribution in [2.24, 2.45) is 0 Å². The minimum absolute atomic E-state index is 0.00358. The summed E-state index contributed by atoms with van der Waals surface area (Å²) in [7, 11) is 0. The van der Waals surface area contributed by atoms with Crippen molar-refractivity contribution in [2.45, 2.75) is 31.8 Å². The summed E-state index contributed by atoms with van der Waals surface area (Å²) in [6, 6.07) is 12.3. The fourth-order valence-electron chi connectivity index (χ4n) is 4.49. The summed E-state index contributed by atoms with van der Waals surface area (Å²) in [6.07, 6.45) is 3.41. The molecule has 1 aromatic carbocycles. The average Bonchev–Trinajstić information content (AvgIpc) is 3.47. The maximum atomic E-state index is 15.8. The molecule has 162 valence electrons. The summed E-state index contributed by atoms with van der Waals surface area (Å²) in [5.74, 6) is -1.58. The number of carbonyl (C=O) groups excluding carboxylic acids is 3. The smallest absolute Gasteiger partial charge is 0.446 e. The van der Waals surface area contributed by atoms with Gasteiger partial charge in [-0.1, -0.05) is 30.3 Å². The highest BCUT2D eigenvalue weighted by Crippen LogP contribution is 2.36. The van der Waals surface area contributed by atoms with Gasteiger partial charge in [0.2, 0.25) is 6.10 Å². The predicted octanol–water partition coefficient (Wildman–Crippen LogP) is 3.38. The molecule has 1 fully saturated rings. The van der Waals surface area contributed by atoms with Gasteiger partial charge < -0.3 is 22.3 Å². The van der Waals surface area contributed by atoms with Crippen LogP contribution in [0.5, 0.6) is 0 Å². The third-order valence-corrected chi connectivity index (χ3v) is 6.01. The Bertz CT molecular complexity index is 1230. The minimum atomic E-state index is -4.20. The van der Waals surface area contributed by atoms with Crippen LogP contribution in [0.25, 0.3) is 17.3 Å². The van der Waals surface area contributed by atoms with Gasteiger partial charge in [-0.3, -0.25) is 14.4 Å². The Morgan fingerprint density at radius 3 is 2.50 bits per heavy atom. The van der Waals surface area contributed by atoms with Crippen molar-refractivity contribution in [2.75, 3.05) is 0 Å². The van der Waals surface area contributed by atoms with Crippen LogP contribution < -0.4 is 0 Å². The number of aromatic nitrogens is 1. The summed E-state index contributed by atoms with van der Waals surface area (Å²) in [6.45, 7) is -4.20. The Morgan fingerprint density at radius 2 is 1.78 bits per heavy atom. The molecular weight excluding hydrogens is 416 g/mol. The number of benzene rings is 1. The number of nitrogens with zero attached hydrogens (tertiary/aromatic N) is 2. The zero-order chi connectivity index (χ0) is 22.5. The number of halogens is 2. The zero-order valence-corrected chi connectivity index (χ0v) is 17.0. The third kappa shape index (κ3) is 3.24. The molecule has 2 aliphatic heterocycles. The van der Waals surface area contributed by atoms with Crippen LogP contribution in [0, 0.1) is 0 Å². The SMILES string of the molecule is O=C(CCC1=[N+]2C(=Cc3ccc(-c4ccccc4)n3[B-]2(F)[18F])C=C1)OC1C(=O)CCC1=O. The van der Waals surface area contributed by atoms with E-state index in [1.807, 2.05) is 6.07 Å². The summed E-state index contributed by atoms with van der Waals surface area (Å²) >= 11 is 0. The standard InChI is InChI=1S/C23H19BF2N2O4/c25-24(26)27-16(9-13-22(31)32-23-20(29)11-12-21(23)30)6-7-17(27)14-18-8-10-19(28(18)24)15-4-2-1-3-5-15/h1-8,10,14,23H,9,11-13H2/i25-1. The van der Waals surface area contributed by atoms with E-state index in [1.165, 1.54) is 0 Å². The largest absolute Gasteiger partial charge is 0.737 e. The molecular formula is C23H19BF2N2O4. The lowest BCUT2D eigenvalue weighted by Crippen LogP contribution is -2.50. The second kappa shape index (κ2) is 7.51. The lowest BCUT2D eigenvalue weighted by atomic mass is 9.89. The molecule has 32 heavy (non-hydrogen) atoms. The number of hydrogen-bond acceptors (Lipinski definition) is 4. The predicted molar refractivity (Wildman–Crippen MR) is 114 cm³/mol. The van der Waals surface area contributed by atoms with Crippen LogP contribution in [0.4, 0.5) is 8.63 Å². The molecule has 9 heteroatoms. The summed E-state index contributed by atoms with van der Waals surface area (Å²) in [5, 5.41) is 0. The Kier molecular flexibility index (Phi) is 4.76. The van der Waals surface area contributed by atoms with E-state index in [4.69, 9.17) is 4.74 Å². The molecule has 1 saturated carbocycles. The lowest BCUT2D eigenvalue weighted by molar-refractivity contribution is -0.362. The van der Waals surface area contributed by atoms with Crippen LogP contribution in [-0.2, 0) is 19.1 Å². The Balaban J connectivity index is 1.41. The summed E-state index contributed by atoms with van der Waals surface area (Å²) in [5.41, 5.74) is 2.12. The number of fused-ring (bicyclic) bond motifs is 2. The van der Waals surface area contributed by atoms with E-state index in [2.05, 4.69) is 0 Å². The summed E-state index contributed by atoms with van der Waals surface area (Å²) in [4.78, 5) is 35.5. The highest BCUT2D eigenvalue weighted by atomic mass is 19.1. The number of ketones is 2. The normalized spacial score (nSPS) is 22.2. The molecule has 6 nitrogen and oxygen atoms in total. The van der Waals surface area contributed by atoms with Crippen molar-refractivity contribution in [3.05, 3.63) is 66.0 Å². The molecule has 0 radical (unpaired) electrons. The first kappa shape index (κ1) is 20.3. The van der Waals surface area contributed by atoms with E-state index in [-0.39, 0.29) is 31.4 Å². The van der Waals surface area contributed by atoms with Gasteiger partial charge in [-0.2, -0.15) is 0 Å². The quantitative estimate of drug-likeness (QED) is 0.410. The number of carbonyl (C=O) groups is 3. The van der Waals surface area contributed by atoms with Crippen LogP contribution in [0.15, 0.2) is 60.3 Å². The molecule has 0 saturated heterocycles. The average molecular weight is 435 g/mol. The van der Waals surface area contributed by atoms with Gasteiger partial charge in [-0.25, -0.2) is 0 Å². The van der Waals surface area contributed by atoms with Gasteiger partial charge in [-0.15, -0.1) is 0 Å². The maximum absolute atomic E-state index is 15.8. The van der Waals surface area contributed by atoms with Gasteiger partial charge in [0, 0.05) is 48.9 Å². The lowest BCUT2D eigenvalue weighted by Gasteiger charge is -2.30. The van der Waals surface area contributed by atoms with Gasteiger partial charge in [0.15, 0.2) is 17.3 Å². The first-order chi connectivity index (χ1) is 15.4. The van der Waals surface area contributed by atoms with Gasteiger partial charge in [-0.05, 0) is 17.7 Å². The number of ether oxygens (including phenoxy) is 1. The number of Topliss-reactive ketones (excluding diaryl/α,β-unsaturated/α-hetero) is 2. The van der Waals surface area contributed by atoms with Crippen LogP contribution in [0.3, 0.4) is 0 Å². The first-order valence-corrected chi connectivity index (χ1v) is 10.5. The molecule has 3 heterocycles. The molecule has 3 aliphatic rings. The van der Waals surface area contributed by atoms with Gasteiger partial charge in [0.05, 0.1) is 6.42 Å². The molecule has 1 unspecified atom stereocenters. The topological polar surface area (TPSA) is 68.4 Å². The maximum Gasteiger partial charge on any atom is 0.737 e. The van der Waals surface area contributed by atoms with Crippen LogP contribution in [0.2, 0.25) is 0 Å². The van der Waals surface area contributed by atoms with Crippen molar-refractivity contribution in [1.29, 1.82) is 0 Å². The van der Waals surface area contributed by atoms with Crippen molar-refractivity contribution in [3.63, 3.8) is 0 Å². The minimum Gasteiger partial charge on any atom is -0.446 e. The highest BCUT2D eigenvalue weighted by molar-refractivity contribution is 6.58. The fraction of sp³-hybridized carbons (Fsp3) is 0.217. The van der Waals surface area contributed by atoms with E-state index in [0.717, 1.165) is 8.96 Å². The highest BCUT2D eigenvalue weighted by Gasteiger charge is 2.52. The van der Waals surface area contributed by atoms with E-state index < -0.39 is 30.6 Å². The first-order valence-electron chi connectivity index (χ1n) is 10.5. The van der Waals surface area contributed by atoms with Gasteiger partial charge in [0.25, 0.3) is 0 Å². The Labute approximate surface area is 182 Å². The van der Waals surface area contributed by atoms with E-state index in [9.17, 15) is 14.4 Å². The van der Waals surface area contributed by atoms with E-state index in [0.29, 0.717) is 22.6 Å². The molecule has 0 bridgehead atoms. The second-order valence-corrected chi connectivity index (χ2v) is 8.03. The van der Waals surface area contributed by atoms with Gasteiger partial charge >= 0.3 is 12.9 Å². The monoisotopic (exact) mass is 435 g/mol. The number of esters is 1. The van der Waals surface area contributed by atoms with E-state index in [1.54, 1.807) is 54.6 Å². The van der Waals surface area contributed by atoms with Crippen LogP contribution >= 0.6 is 0 Å². The Morgan fingerprint density at radius 1 is 1.06 bits per heavy atom. The molecule has 0 spiro atoms. The molecule has 1 atom stereocenters. The molecule has 0 amide bonds. The molecule has 1 aliphatic carbocycles. The number of hydrogen-bond donors (Lipinski definition) is 0. The summed E-state index contributed by atoms with van der Waals surface area (Å²) < 4.78 is 38.6. The molecule has 5 rings (SSSR count). The van der Waals surface area contributed by atoms with Crippen molar-refractivity contribution < 1.29 is 32.2 Å². The Hall–Kier alpha value is -3.62. The molecule has 1 aromatic heterocycles. The van der Waals surface area contributed by atoms with Crippen LogP contribution in [-0.4, -0.2) is 45.3 Å². The third-order valence-electron chi connectivity index (χ3n) is 6.01. The van der Waals surface area contributed by atoms with Gasteiger partial charge in [0.1, 0.15) is 5.71 Å². The van der Waals surface area contributed by atoms with Crippen molar-refractivity contribution >= 4 is 36.3 Å². The van der Waals surface area contributed by atoms with Crippen molar-refractivity contribution in [3.8, 4) is 11.3 Å².